The highest BCUT2D eigenvalue weighted by Gasteiger charge is 2.42. The number of benzene rings is 5. The minimum absolute atomic E-state index is 0.0415. The zero-order valence-electron chi connectivity index (χ0n) is 36.1. The Morgan fingerprint density at radius 3 is 1.25 bits per heavy atom. The average Bonchev–Trinajstić information content (AvgIpc) is 4.27. The van der Waals surface area contributed by atoms with Gasteiger partial charge in [0.15, 0.2) is 0 Å². The van der Waals surface area contributed by atoms with E-state index in [1.165, 1.54) is 14.2 Å². The number of aromatic amines is 2. The Bertz CT molecular complexity index is 2630. The number of fused-ring (bicyclic) bond motifs is 2. The van der Waals surface area contributed by atoms with Crippen molar-refractivity contribution < 1.29 is 28.7 Å². The quantitative estimate of drug-likeness (QED) is 0.0838. The Hall–Kier alpha value is -7.48. The van der Waals surface area contributed by atoms with Crippen molar-refractivity contribution in [2.24, 2.45) is 0 Å². The molecule has 2 heterocycles. The Morgan fingerprint density at radius 2 is 0.906 bits per heavy atom. The third-order valence-corrected chi connectivity index (χ3v) is 12.2. The number of nitrogens with one attached hydrogen (secondary N) is 4. The fraction of sp³-hybridized carbons (Fsp3) is 0.280. The van der Waals surface area contributed by atoms with Gasteiger partial charge in [0.05, 0.1) is 48.4 Å². The summed E-state index contributed by atoms with van der Waals surface area (Å²) in [7, 11) is 2.57. The second-order valence-corrected chi connectivity index (χ2v) is 16.5. The van der Waals surface area contributed by atoms with Crippen LogP contribution in [0.2, 0.25) is 0 Å². The SMILES string of the molecule is COC(=O)N[C@@H](C(=O)N(C1CC1)[C@H](C)c1nc2ccc(-c3ccc(-c4ccc5nc([C@@H](C)N(C(=O)[C@H](NC(=O)OC)c6ccccc6)C6CC6)[nH]c5c4)cc3)cc2[nH]1)c1ccccc1. The number of hydrogen-bond acceptors (Lipinski definition) is 8. The van der Waals surface area contributed by atoms with E-state index in [1.807, 2.05) is 109 Å². The summed E-state index contributed by atoms with van der Waals surface area (Å²) in [5, 5.41) is 5.49. The monoisotopic (exact) mass is 858 g/mol. The van der Waals surface area contributed by atoms with Crippen LogP contribution in [-0.4, -0.2) is 80.0 Å². The molecule has 0 saturated heterocycles. The number of amides is 4. The van der Waals surface area contributed by atoms with Gasteiger partial charge in [0.25, 0.3) is 11.8 Å². The lowest BCUT2D eigenvalue weighted by atomic mass is 10.00. The molecule has 2 aromatic heterocycles. The van der Waals surface area contributed by atoms with E-state index in [9.17, 15) is 19.2 Å². The van der Waals surface area contributed by atoms with E-state index in [0.717, 1.165) is 70.0 Å². The summed E-state index contributed by atoms with van der Waals surface area (Å²) in [6.07, 6.45) is 2.16. The van der Waals surface area contributed by atoms with Crippen LogP contribution in [0.3, 0.4) is 0 Å². The van der Waals surface area contributed by atoms with E-state index >= 15 is 0 Å². The van der Waals surface area contributed by atoms with Crippen molar-refractivity contribution in [2.45, 2.75) is 75.8 Å². The summed E-state index contributed by atoms with van der Waals surface area (Å²) >= 11 is 0. The molecule has 9 rings (SSSR count). The molecule has 64 heavy (non-hydrogen) atoms. The van der Waals surface area contributed by atoms with Crippen LogP contribution in [0, 0.1) is 0 Å². The smallest absolute Gasteiger partial charge is 0.407 e. The first-order valence-electron chi connectivity index (χ1n) is 21.6. The number of carbonyl (C=O) groups is 4. The molecule has 0 spiro atoms. The van der Waals surface area contributed by atoms with Crippen molar-refractivity contribution in [2.75, 3.05) is 14.2 Å². The van der Waals surface area contributed by atoms with E-state index < -0.39 is 24.3 Å². The van der Waals surface area contributed by atoms with Gasteiger partial charge in [-0.15, -0.1) is 0 Å². The van der Waals surface area contributed by atoms with Crippen LogP contribution in [0.4, 0.5) is 9.59 Å². The molecular formula is C50H50N8O6. The van der Waals surface area contributed by atoms with Gasteiger partial charge in [0.2, 0.25) is 0 Å². The van der Waals surface area contributed by atoms with Gasteiger partial charge in [-0.05, 0) is 97.2 Å². The standard InChI is InChI=1S/C50H50N8O6/c1-29(57(37-21-22-37)47(59)43(55-49(61)63-3)33-11-7-5-8-12-33)45-51-39-25-19-35(27-41(39)53-45)31-15-17-32(18-16-31)36-20-26-40-42(28-36)54-46(52-40)30(2)58(38-23-24-38)48(60)44(56-50(62)64-4)34-13-9-6-10-14-34/h5-20,25-30,37-38,43-44H,21-24H2,1-4H3,(H,51,53)(H,52,54)(H,55,61)(H,56,62)/t29-,30-,43-,44-/m1/s1. The molecule has 0 unspecified atom stereocenters. The van der Waals surface area contributed by atoms with Crippen molar-refractivity contribution in [1.82, 2.24) is 40.4 Å². The Morgan fingerprint density at radius 1 is 0.547 bits per heavy atom. The fourth-order valence-corrected chi connectivity index (χ4v) is 8.53. The van der Waals surface area contributed by atoms with Gasteiger partial charge in [0.1, 0.15) is 23.7 Å². The van der Waals surface area contributed by atoms with E-state index in [0.29, 0.717) is 22.8 Å². The van der Waals surface area contributed by atoms with Crippen LogP contribution >= 0.6 is 0 Å². The first-order valence-corrected chi connectivity index (χ1v) is 21.6. The summed E-state index contributed by atoms with van der Waals surface area (Å²) in [6.45, 7) is 3.93. The van der Waals surface area contributed by atoms with Crippen molar-refractivity contribution in [3.8, 4) is 22.3 Å². The van der Waals surface area contributed by atoms with Crippen molar-refractivity contribution in [3.63, 3.8) is 0 Å². The predicted octanol–water partition coefficient (Wildman–Crippen LogP) is 9.07. The minimum atomic E-state index is -0.906. The van der Waals surface area contributed by atoms with Crippen LogP contribution in [0.5, 0.6) is 0 Å². The molecule has 7 aromatic rings. The summed E-state index contributed by atoms with van der Waals surface area (Å²) in [6, 6.07) is 36.5. The first kappa shape index (κ1) is 41.9. The number of imidazole rings is 2. The minimum Gasteiger partial charge on any atom is -0.453 e. The van der Waals surface area contributed by atoms with E-state index in [-0.39, 0.29) is 36.0 Å². The Kier molecular flexibility index (Phi) is 11.6. The normalized spacial score (nSPS) is 15.4. The lowest BCUT2D eigenvalue weighted by molar-refractivity contribution is -0.137. The van der Waals surface area contributed by atoms with Gasteiger partial charge < -0.3 is 39.9 Å². The molecule has 4 N–H and O–H groups in total. The molecule has 4 amide bonds. The molecule has 2 aliphatic carbocycles. The molecule has 2 fully saturated rings. The Labute approximate surface area is 370 Å². The maximum Gasteiger partial charge on any atom is 0.407 e. The van der Waals surface area contributed by atoms with Crippen molar-refractivity contribution >= 4 is 46.1 Å². The molecule has 14 heteroatoms. The molecular weight excluding hydrogens is 809 g/mol. The molecule has 326 valence electrons. The summed E-state index contributed by atoms with van der Waals surface area (Å²) in [5.41, 5.74) is 8.72. The highest BCUT2D eigenvalue weighted by molar-refractivity contribution is 5.89. The van der Waals surface area contributed by atoms with Gasteiger partial charge in [-0.3, -0.25) is 9.59 Å². The fourth-order valence-electron chi connectivity index (χ4n) is 8.53. The topological polar surface area (TPSA) is 175 Å². The highest BCUT2D eigenvalue weighted by atomic mass is 16.5. The van der Waals surface area contributed by atoms with Crippen LogP contribution in [0.15, 0.2) is 121 Å². The van der Waals surface area contributed by atoms with E-state index in [4.69, 9.17) is 19.4 Å². The lowest BCUT2D eigenvalue weighted by Gasteiger charge is -2.32. The predicted molar refractivity (Wildman–Crippen MR) is 243 cm³/mol. The van der Waals surface area contributed by atoms with Gasteiger partial charge >= 0.3 is 12.2 Å². The molecule has 2 aliphatic rings. The summed E-state index contributed by atoms with van der Waals surface area (Å²) in [4.78, 5) is 73.6. The highest BCUT2D eigenvalue weighted by Crippen LogP contribution is 2.39. The number of carbonyl (C=O) groups excluding carboxylic acids is 4. The van der Waals surface area contributed by atoms with Crippen molar-refractivity contribution in [3.05, 3.63) is 144 Å². The largest absolute Gasteiger partial charge is 0.453 e. The average molecular weight is 859 g/mol. The van der Waals surface area contributed by atoms with Crippen LogP contribution in [0.25, 0.3) is 44.3 Å². The van der Waals surface area contributed by atoms with Gasteiger partial charge in [-0.2, -0.15) is 0 Å². The zero-order valence-corrected chi connectivity index (χ0v) is 36.1. The molecule has 5 aromatic carbocycles. The number of ether oxygens (including phenoxy) is 2. The number of nitrogens with zero attached hydrogens (tertiary/aromatic N) is 4. The maximum atomic E-state index is 14.2. The van der Waals surface area contributed by atoms with Crippen LogP contribution < -0.4 is 10.6 Å². The zero-order chi connectivity index (χ0) is 44.5. The Balaban J connectivity index is 0.919. The number of methoxy groups -OCH3 is 2. The van der Waals surface area contributed by atoms with Crippen LogP contribution in [-0.2, 0) is 19.1 Å². The van der Waals surface area contributed by atoms with Gasteiger partial charge in [-0.25, -0.2) is 19.6 Å². The maximum absolute atomic E-state index is 14.2. The second kappa shape index (κ2) is 17.7. The lowest BCUT2D eigenvalue weighted by Crippen LogP contribution is -2.45. The van der Waals surface area contributed by atoms with Gasteiger partial charge in [0, 0.05) is 12.1 Å². The summed E-state index contributed by atoms with van der Waals surface area (Å²) in [5.74, 6) is 0.895. The number of H-pyrrole nitrogens is 2. The molecule has 0 radical (unpaired) electrons. The van der Waals surface area contributed by atoms with Crippen molar-refractivity contribution in [1.29, 1.82) is 0 Å². The van der Waals surface area contributed by atoms with Crippen LogP contribution in [0.1, 0.15) is 86.5 Å². The van der Waals surface area contributed by atoms with E-state index in [2.05, 4.69) is 57.0 Å². The summed E-state index contributed by atoms with van der Waals surface area (Å²) < 4.78 is 9.75. The molecule has 0 aliphatic heterocycles. The number of hydrogen-bond donors (Lipinski definition) is 4. The number of rotatable bonds is 14. The van der Waals surface area contributed by atoms with Gasteiger partial charge in [-0.1, -0.05) is 97.1 Å². The van der Waals surface area contributed by atoms with E-state index in [1.54, 1.807) is 0 Å². The molecule has 14 nitrogen and oxygen atoms in total. The third kappa shape index (κ3) is 8.63. The molecule has 0 bridgehead atoms. The first-order chi connectivity index (χ1) is 31.1. The number of alkyl carbamates (subject to hydrolysis) is 2. The third-order valence-electron chi connectivity index (χ3n) is 12.2. The second-order valence-electron chi connectivity index (χ2n) is 16.5. The number of aromatic nitrogens is 4. The molecule has 4 atom stereocenters. The molecule has 2 saturated carbocycles.